The van der Waals surface area contributed by atoms with Crippen LogP contribution >= 0.6 is 0 Å². The molecule has 1 aromatic rings. The van der Waals surface area contributed by atoms with E-state index >= 15 is 0 Å². The molecule has 0 saturated carbocycles. The molecule has 0 aliphatic rings. The van der Waals surface area contributed by atoms with E-state index < -0.39 is 0 Å². The highest BCUT2D eigenvalue weighted by molar-refractivity contribution is 5.73. The monoisotopic (exact) mass is 194 g/mol. The molecule has 1 rings (SSSR count). The summed E-state index contributed by atoms with van der Waals surface area (Å²) < 4.78 is 0. The number of carbonyl (C=O) groups excluding carboxylic acids is 1. The van der Waals surface area contributed by atoms with Crippen LogP contribution in [0.5, 0.6) is 0 Å². The minimum atomic E-state index is 0.689. The quantitative estimate of drug-likeness (QED) is 0.720. The average molecular weight is 194 g/mol. The van der Waals surface area contributed by atoms with Crippen molar-refractivity contribution in [1.82, 2.24) is 5.32 Å². The van der Waals surface area contributed by atoms with E-state index in [1.165, 1.54) is 0 Å². The standard InChI is InChI=1S/C9H12N2O.C2H6/c1-10-6-8-4-2-3-5-9(8)11-7-12;1-2/h2-5,7,10H,6H2,1H3,(H,11,12);1-2H3. The van der Waals surface area contributed by atoms with Crippen LogP contribution in [0.15, 0.2) is 24.3 Å². The lowest BCUT2D eigenvalue weighted by molar-refractivity contribution is -0.105. The van der Waals surface area contributed by atoms with Gasteiger partial charge in [-0.05, 0) is 18.7 Å². The molecule has 0 atom stereocenters. The van der Waals surface area contributed by atoms with Crippen LogP contribution in [-0.4, -0.2) is 13.5 Å². The smallest absolute Gasteiger partial charge is 0.211 e. The lowest BCUT2D eigenvalue weighted by atomic mass is 10.2. The number of para-hydroxylation sites is 1. The first-order valence-electron chi connectivity index (χ1n) is 4.81. The normalized spacial score (nSPS) is 8.50. The van der Waals surface area contributed by atoms with Crippen LogP contribution in [-0.2, 0) is 11.3 Å². The fourth-order valence-electron chi connectivity index (χ4n) is 1.07. The molecule has 14 heavy (non-hydrogen) atoms. The molecule has 78 valence electrons. The third-order valence-electron chi connectivity index (χ3n) is 1.60. The number of rotatable bonds is 4. The van der Waals surface area contributed by atoms with E-state index in [0.29, 0.717) is 6.41 Å². The van der Waals surface area contributed by atoms with Crippen molar-refractivity contribution in [3.8, 4) is 0 Å². The van der Waals surface area contributed by atoms with Gasteiger partial charge in [-0.15, -0.1) is 0 Å². The van der Waals surface area contributed by atoms with Gasteiger partial charge in [-0.2, -0.15) is 0 Å². The Morgan fingerprint density at radius 2 is 1.93 bits per heavy atom. The summed E-state index contributed by atoms with van der Waals surface area (Å²) in [6, 6.07) is 7.69. The maximum Gasteiger partial charge on any atom is 0.211 e. The van der Waals surface area contributed by atoms with E-state index in [4.69, 9.17) is 0 Å². The summed E-state index contributed by atoms with van der Waals surface area (Å²) in [6.45, 7) is 4.76. The molecule has 3 heteroatoms. The summed E-state index contributed by atoms with van der Waals surface area (Å²) in [5.41, 5.74) is 1.95. The van der Waals surface area contributed by atoms with Crippen molar-refractivity contribution in [3.63, 3.8) is 0 Å². The fourth-order valence-corrected chi connectivity index (χ4v) is 1.07. The van der Waals surface area contributed by atoms with Crippen molar-refractivity contribution in [3.05, 3.63) is 29.8 Å². The van der Waals surface area contributed by atoms with E-state index in [1.807, 2.05) is 45.2 Å². The van der Waals surface area contributed by atoms with Gasteiger partial charge in [0.2, 0.25) is 6.41 Å². The minimum absolute atomic E-state index is 0.689. The fraction of sp³-hybridized carbons (Fsp3) is 0.364. The molecule has 3 nitrogen and oxygen atoms in total. The van der Waals surface area contributed by atoms with Gasteiger partial charge in [0.05, 0.1) is 0 Å². The van der Waals surface area contributed by atoms with Crippen LogP contribution in [0, 0.1) is 0 Å². The van der Waals surface area contributed by atoms with Crippen molar-refractivity contribution in [1.29, 1.82) is 0 Å². The van der Waals surface area contributed by atoms with Crippen molar-refractivity contribution in [2.45, 2.75) is 20.4 Å². The van der Waals surface area contributed by atoms with Crippen molar-refractivity contribution >= 4 is 12.1 Å². The topological polar surface area (TPSA) is 41.1 Å². The average Bonchev–Trinajstić information content (AvgIpc) is 2.25. The summed E-state index contributed by atoms with van der Waals surface area (Å²) >= 11 is 0. The van der Waals surface area contributed by atoms with E-state index in [9.17, 15) is 4.79 Å². The van der Waals surface area contributed by atoms with Crippen LogP contribution in [0.4, 0.5) is 5.69 Å². The number of nitrogens with one attached hydrogen (secondary N) is 2. The molecule has 1 aromatic carbocycles. The molecule has 0 aromatic heterocycles. The number of anilines is 1. The summed E-state index contributed by atoms with van der Waals surface area (Å²) in [7, 11) is 1.87. The summed E-state index contributed by atoms with van der Waals surface area (Å²) in [4.78, 5) is 10.2. The molecular weight excluding hydrogens is 176 g/mol. The minimum Gasteiger partial charge on any atom is -0.328 e. The Bertz CT molecular complexity index is 261. The highest BCUT2D eigenvalue weighted by atomic mass is 16.1. The maximum atomic E-state index is 10.2. The molecule has 0 aliphatic heterocycles. The Morgan fingerprint density at radius 1 is 1.29 bits per heavy atom. The lowest BCUT2D eigenvalue weighted by Gasteiger charge is -2.06. The van der Waals surface area contributed by atoms with E-state index in [-0.39, 0.29) is 0 Å². The first kappa shape index (κ1) is 12.7. The van der Waals surface area contributed by atoms with Crippen LogP contribution in [0.1, 0.15) is 19.4 Å². The molecule has 0 bridgehead atoms. The van der Waals surface area contributed by atoms with E-state index in [1.54, 1.807) is 0 Å². The van der Waals surface area contributed by atoms with Crippen molar-refractivity contribution < 1.29 is 4.79 Å². The number of hydrogen-bond acceptors (Lipinski definition) is 2. The Balaban J connectivity index is 0.000000791. The molecule has 0 heterocycles. The highest BCUT2D eigenvalue weighted by Gasteiger charge is 1.97. The summed E-state index contributed by atoms with van der Waals surface area (Å²) in [5.74, 6) is 0. The Morgan fingerprint density at radius 3 is 2.50 bits per heavy atom. The van der Waals surface area contributed by atoms with Gasteiger partial charge >= 0.3 is 0 Å². The van der Waals surface area contributed by atoms with Gasteiger partial charge in [0, 0.05) is 12.2 Å². The lowest BCUT2D eigenvalue weighted by Crippen LogP contribution is -2.08. The van der Waals surface area contributed by atoms with E-state index in [2.05, 4.69) is 10.6 Å². The molecule has 1 amide bonds. The molecule has 0 aliphatic carbocycles. The molecule has 0 radical (unpaired) electrons. The van der Waals surface area contributed by atoms with Crippen LogP contribution < -0.4 is 10.6 Å². The molecular formula is C11H18N2O. The predicted molar refractivity (Wildman–Crippen MR) is 60.2 cm³/mol. The third kappa shape index (κ3) is 4.05. The van der Waals surface area contributed by atoms with Gasteiger partial charge in [0.15, 0.2) is 0 Å². The van der Waals surface area contributed by atoms with Crippen LogP contribution in [0.25, 0.3) is 0 Å². The number of amides is 1. The Hall–Kier alpha value is -1.35. The second-order valence-electron chi connectivity index (χ2n) is 2.45. The number of hydrogen-bond donors (Lipinski definition) is 2. The van der Waals surface area contributed by atoms with Crippen LogP contribution in [0.3, 0.4) is 0 Å². The van der Waals surface area contributed by atoms with Gasteiger partial charge in [0.1, 0.15) is 0 Å². The van der Waals surface area contributed by atoms with Gasteiger partial charge in [-0.3, -0.25) is 4.79 Å². The van der Waals surface area contributed by atoms with Gasteiger partial charge in [-0.25, -0.2) is 0 Å². The SMILES string of the molecule is CC.CNCc1ccccc1NC=O. The maximum absolute atomic E-state index is 10.2. The largest absolute Gasteiger partial charge is 0.328 e. The second kappa shape index (κ2) is 8.26. The zero-order valence-electron chi connectivity index (χ0n) is 9.00. The molecule has 0 fully saturated rings. The molecule has 2 N–H and O–H groups in total. The molecule has 0 spiro atoms. The van der Waals surface area contributed by atoms with E-state index in [0.717, 1.165) is 17.8 Å². The third-order valence-corrected chi connectivity index (χ3v) is 1.60. The van der Waals surface area contributed by atoms with Crippen molar-refractivity contribution in [2.75, 3.05) is 12.4 Å². The summed E-state index contributed by atoms with van der Waals surface area (Å²) in [6.07, 6.45) is 0.689. The van der Waals surface area contributed by atoms with Crippen LogP contribution in [0.2, 0.25) is 0 Å². The molecule has 0 saturated heterocycles. The predicted octanol–water partition coefficient (Wildman–Crippen LogP) is 2.00. The molecule has 0 unspecified atom stereocenters. The zero-order valence-corrected chi connectivity index (χ0v) is 9.00. The van der Waals surface area contributed by atoms with Crippen molar-refractivity contribution in [2.24, 2.45) is 0 Å². The number of carbonyl (C=O) groups is 1. The van der Waals surface area contributed by atoms with Gasteiger partial charge in [-0.1, -0.05) is 32.0 Å². The first-order valence-corrected chi connectivity index (χ1v) is 4.81. The second-order valence-corrected chi connectivity index (χ2v) is 2.45. The first-order chi connectivity index (χ1) is 6.88. The Kier molecular flexibility index (Phi) is 7.46. The highest BCUT2D eigenvalue weighted by Crippen LogP contribution is 2.13. The number of benzene rings is 1. The van der Waals surface area contributed by atoms with Gasteiger partial charge in [0.25, 0.3) is 0 Å². The summed E-state index contributed by atoms with van der Waals surface area (Å²) in [5, 5.41) is 5.67. The zero-order chi connectivity index (χ0) is 10.8. The van der Waals surface area contributed by atoms with Gasteiger partial charge < -0.3 is 10.6 Å². The Labute approximate surface area is 85.5 Å².